The Balaban J connectivity index is 2.04. The molecule has 6 nitrogen and oxygen atoms in total. The fraction of sp³-hybridized carbons (Fsp3) is 0.500. The van der Waals surface area contributed by atoms with E-state index in [1.165, 1.54) is 0 Å². The predicted octanol–water partition coefficient (Wildman–Crippen LogP) is 1.63. The Hall–Kier alpha value is -1.80. The molecule has 20 heavy (non-hydrogen) atoms. The van der Waals surface area contributed by atoms with Crippen LogP contribution in [0.4, 0.5) is 14.5 Å². The minimum Gasteiger partial charge on any atom is -0.485 e. The molecule has 2 unspecified atom stereocenters. The molecule has 0 bridgehead atoms. The number of nitrogens with one attached hydrogen (secondary N) is 1. The van der Waals surface area contributed by atoms with Gasteiger partial charge in [-0.25, -0.2) is 8.78 Å². The number of ether oxygens (including phenoxy) is 2. The van der Waals surface area contributed by atoms with Crippen LogP contribution in [0.1, 0.15) is 6.92 Å². The summed E-state index contributed by atoms with van der Waals surface area (Å²) in [6.07, 6.45) is -0.336. The number of nitro groups is 1. The molecule has 1 heterocycles. The molecule has 1 aliphatic rings. The number of benzene rings is 1. The molecule has 1 aromatic carbocycles. The normalized spacial score (nSPS) is 22.6. The predicted molar refractivity (Wildman–Crippen MR) is 65.7 cm³/mol. The summed E-state index contributed by atoms with van der Waals surface area (Å²) in [6.45, 7) is 3.05. The Morgan fingerprint density at radius 2 is 2.10 bits per heavy atom. The van der Waals surface area contributed by atoms with Crippen LogP contribution in [0.15, 0.2) is 12.1 Å². The van der Waals surface area contributed by atoms with Crippen molar-refractivity contribution in [3.63, 3.8) is 0 Å². The lowest BCUT2D eigenvalue weighted by molar-refractivity contribution is -0.385. The fourth-order valence-electron chi connectivity index (χ4n) is 1.94. The van der Waals surface area contributed by atoms with Gasteiger partial charge >= 0.3 is 0 Å². The van der Waals surface area contributed by atoms with Crippen LogP contribution in [-0.2, 0) is 4.74 Å². The van der Waals surface area contributed by atoms with Crippen molar-refractivity contribution in [2.24, 2.45) is 0 Å². The Kier molecular flexibility index (Phi) is 4.46. The zero-order chi connectivity index (χ0) is 14.7. The van der Waals surface area contributed by atoms with Gasteiger partial charge in [0.15, 0.2) is 17.4 Å². The fourth-order valence-corrected chi connectivity index (χ4v) is 1.94. The molecule has 1 fully saturated rings. The number of rotatable bonds is 4. The molecule has 1 saturated heterocycles. The Morgan fingerprint density at radius 1 is 1.45 bits per heavy atom. The molecule has 0 amide bonds. The molecule has 0 radical (unpaired) electrons. The molecule has 2 atom stereocenters. The van der Waals surface area contributed by atoms with Crippen molar-refractivity contribution in [3.8, 4) is 5.75 Å². The van der Waals surface area contributed by atoms with Crippen LogP contribution in [0, 0.1) is 21.7 Å². The van der Waals surface area contributed by atoms with Gasteiger partial charge in [-0.2, -0.15) is 0 Å². The second-order valence-corrected chi connectivity index (χ2v) is 4.53. The van der Waals surface area contributed by atoms with E-state index in [1.54, 1.807) is 0 Å². The SMILES string of the molecule is CC1CNCC(COc2c(F)cc([N+](=O)[O-])cc2F)O1. The third kappa shape index (κ3) is 3.40. The highest BCUT2D eigenvalue weighted by molar-refractivity contribution is 5.39. The van der Waals surface area contributed by atoms with Crippen LogP contribution in [0.5, 0.6) is 5.75 Å². The lowest BCUT2D eigenvalue weighted by atomic mass is 10.2. The molecule has 2 rings (SSSR count). The van der Waals surface area contributed by atoms with E-state index >= 15 is 0 Å². The first kappa shape index (κ1) is 14.6. The van der Waals surface area contributed by atoms with E-state index in [2.05, 4.69) is 5.32 Å². The number of nitro benzene ring substituents is 1. The average Bonchev–Trinajstić information content (AvgIpc) is 2.37. The number of nitrogens with zero attached hydrogens (tertiary/aromatic N) is 1. The van der Waals surface area contributed by atoms with Crippen molar-refractivity contribution < 1.29 is 23.2 Å². The second-order valence-electron chi connectivity index (χ2n) is 4.53. The molecule has 0 aliphatic carbocycles. The summed E-state index contributed by atoms with van der Waals surface area (Å²) in [7, 11) is 0. The summed E-state index contributed by atoms with van der Waals surface area (Å²) < 4.78 is 37.7. The van der Waals surface area contributed by atoms with E-state index in [-0.39, 0.29) is 18.8 Å². The number of halogens is 2. The highest BCUT2D eigenvalue weighted by Crippen LogP contribution is 2.27. The van der Waals surface area contributed by atoms with Gasteiger partial charge in [0.2, 0.25) is 0 Å². The minimum absolute atomic E-state index is 0.0103. The van der Waals surface area contributed by atoms with Crippen molar-refractivity contribution in [2.45, 2.75) is 19.1 Å². The van der Waals surface area contributed by atoms with Gasteiger partial charge in [-0.05, 0) is 6.92 Å². The summed E-state index contributed by atoms with van der Waals surface area (Å²) in [6, 6.07) is 1.25. The highest BCUT2D eigenvalue weighted by atomic mass is 19.1. The summed E-state index contributed by atoms with van der Waals surface area (Å²) in [5, 5.41) is 13.6. The molecule has 1 aliphatic heterocycles. The summed E-state index contributed by atoms with van der Waals surface area (Å²) in [4.78, 5) is 9.59. The van der Waals surface area contributed by atoms with Gasteiger partial charge in [0.05, 0.1) is 23.2 Å². The van der Waals surface area contributed by atoms with Gasteiger partial charge in [0.25, 0.3) is 5.69 Å². The Morgan fingerprint density at radius 3 is 2.65 bits per heavy atom. The maximum absolute atomic E-state index is 13.6. The van der Waals surface area contributed by atoms with Gasteiger partial charge in [-0.3, -0.25) is 10.1 Å². The van der Waals surface area contributed by atoms with Crippen LogP contribution >= 0.6 is 0 Å². The lowest BCUT2D eigenvalue weighted by Gasteiger charge is -2.28. The number of morpholine rings is 1. The number of non-ortho nitro benzene ring substituents is 1. The van der Waals surface area contributed by atoms with Gasteiger partial charge < -0.3 is 14.8 Å². The first-order chi connectivity index (χ1) is 9.47. The van der Waals surface area contributed by atoms with E-state index in [9.17, 15) is 18.9 Å². The third-order valence-corrected chi connectivity index (χ3v) is 2.84. The molecule has 8 heteroatoms. The first-order valence-electron chi connectivity index (χ1n) is 6.09. The van der Waals surface area contributed by atoms with Crippen LogP contribution in [0.2, 0.25) is 0 Å². The lowest BCUT2D eigenvalue weighted by Crippen LogP contribution is -2.45. The maximum Gasteiger partial charge on any atom is 0.275 e. The van der Waals surface area contributed by atoms with E-state index in [4.69, 9.17) is 9.47 Å². The van der Waals surface area contributed by atoms with E-state index in [0.717, 1.165) is 0 Å². The van der Waals surface area contributed by atoms with Gasteiger partial charge in [0.1, 0.15) is 12.7 Å². The zero-order valence-corrected chi connectivity index (χ0v) is 10.8. The first-order valence-corrected chi connectivity index (χ1v) is 6.09. The molecule has 0 saturated carbocycles. The maximum atomic E-state index is 13.6. The van der Waals surface area contributed by atoms with Crippen molar-refractivity contribution in [3.05, 3.63) is 33.9 Å². The third-order valence-electron chi connectivity index (χ3n) is 2.84. The monoisotopic (exact) mass is 288 g/mol. The van der Waals surface area contributed by atoms with E-state index in [0.29, 0.717) is 25.2 Å². The van der Waals surface area contributed by atoms with Crippen molar-refractivity contribution in [2.75, 3.05) is 19.7 Å². The quantitative estimate of drug-likeness (QED) is 0.673. The topological polar surface area (TPSA) is 73.6 Å². The Labute approximate surface area is 113 Å². The highest BCUT2D eigenvalue weighted by Gasteiger charge is 2.22. The zero-order valence-electron chi connectivity index (χ0n) is 10.8. The molecule has 0 spiro atoms. The van der Waals surface area contributed by atoms with E-state index < -0.39 is 28.0 Å². The largest absolute Gasteiger partial charge is 0.485 e. The smallest absolute Gasteiger partial charge is 0.275 e. The summed E-state index contributed by atoms with van der Waals surface area (Å²) in [5.41, 5.74) is -0.656. The summed E-state index contributed by atoms with van der Waals surface area (Å²) in [5.74, 6) is -2.83. The van der Waals surface area contributed by atoms with Crippen molar-refractivity contribution in [1.29, 1.82) is 0 Å². The van der Waals surface area contributed by atoms with Crippen molar-refractivity contribution >= 4 is 5.69 Å². The molecule has 0 aromatic heterocycles. The van der Waals surface area contributed by atoms with Crippen LogP contribution in [-0.4, -0.2) is 36.8 Å². The van der Waals surface area contributed by atoms with Crippen LogP contribution < -0.4 is 10.1 Å². The Bertz CT molecular complexity index is 489. The van der Waals surface area contributed by atoms with Gasteiger partial charge in [-0.1, -0.05) is 0 Å². The van der Waals surface area contributed by atoms with Crippen LogP contribution in [0.25, 0.3) is 0 Å². The molecule has 110 valence electrons. The molecule has 1 N–H and O–H groups in total. The van der Waals surface area contributed by atoms with Gasteiger partial charge in [0, 0.05) is 13.1 Å². The standard InChI is InChI=1S/C12H14F2N2O4/c1-7-4-15-5-9(20-7)6-19-12-10(13)2-8(16(17)18)3-11(12)14/h2-3,7,9,15H,4-6H2,1H3. The molecular weight excluding hydrogens is 274 g/mol. The second kappa shape index (κ2) is 6.10. The minimum atomic E-state index is -1.10. The van der Waals surface area contributed by atoms with Crippen molar-refractivity contribution in [1.82, 2.24) is 5.32 Å². The van der Waals surface area contributed by atoms with Crippen LogP contribution in [0.3, 0.4) is 0 Å². The van der Waals surface area contributed by atoms with E-state index in [1.807, 2.05) is 6.92 Å². The number of hydrogen-bond acceptors (Lipinski definition) is 5. The average molecular weight is 288 g/mol. The molecular formula is C12H14F2N2O4. The van der Waals surface area contributed by atoms with Gasteiger partial charge in [-0.15, -0.1) is 0 Å². The number of hydrogen-bond donors (Lipinski definition) is 1. The summed E-state index contributed by atoms with van der Waals surface area (Å²) >= 11 is 0. The molecule has 1 aromatic rings.